The molecule has 0 saturated carbocycles. The van der Waals surface area contributed by atoms with Crippen LogP contribution in [0.4, 0.5) is 0 Å². The average Bonchev–Trinajstić information content (AvgIpc) is 3.20. The highest BCUT2D eigenvalue weighted by Gasteiger charge is 2.29. The predicted octanol–water partition coefficient (Wildman–Crippen LogP) is 2.44. The summed E-state index contributed by atoms with van der Waals surface area (Å²) in [5, 5.41) is 0. The maximum atomic E-state index is 12.7. The molecule has 0 N–H and O–H groups in total. The fourth-order valence-corrected chi connectivity index (χ4v) is 4.43. The summed E-state index contributed by atoms with van der Waals surface area (Å²) in [6, 6.07) is 0. The minimum atomic E-state index is 0.100. The monoisotopic (exact) mass is 368 g/mol. The Hall–Kier alpha value is -2.24. The SMILES string of the molecule is CC(=O)N1CCc2nc([C@H]3CCCN(C(=O)C[C@H]4C=CCC4)C3)ncc2C1. The second-order valence-electron chi connectivity index (χ2n) is 8.04. The first-order valence-corrected chi connectivity index (χ1v) is 10.1. The van der Waals surface area contributed by atoms with E-state index >= 15 is 0 Å². The molecule has 27 heavy (non-hydrogen) atoms. The number of hydrogen-bond acceptors (Lipinski definition) is 4. The van der Waals surface area contributed by atoms with Crippen molar-refractivity contribution in [3.05, 3.63) is 35.4 Å². The van der Waals surface area contributed by atoms with Crippen molar-refractivity contribution in [1.82, 2.24) is 19.8 Å². The number of carbonyl (C=O) groups is 2. The Morgan fingerprint density at radius 3 is 2.89 bits per heavy atom. The van der Waals surface area contributed by atoms with Gasteiger partial charge in [-0.1, -0.05) is 12.2 Å². The normalized spacial score (nSPS) is 24.8. The van der Waals surface area contributed by atoms with Crippen molar-refractivity contribution < 1.29 is 9.59 Å². The van der Waals surface area contributed by atoms with Gasteiger partial charge in [-0.15, -0.1) is 0 Å². The van der Waals surface area contributed by atoms with Crippen molar-refractivity contribution in [2.24, 2.45) is 5.92 Å². The van der Waals surface area contributed by atoms with E-state index in [1.807, 2.05) is 16.0 Å². The Morgan fingerprint density at radius 2 is 2.11 bits per heavy atom. The van der Waals surface area contributed by atoms with E-state index in [-0.39, 0.29) is 17.7 Å². The summed E-state index contributed by atoms with van der Waals surface area (Å²) in [5.41, 5.74) is 2.12. The number of piperidine rings is 1. The zero-order valence-electron chi connectivity index (χ0n) is 16.1. The summed E-state index contributed by atoms with van der Waals surface area (Å²) in [4.78, 5) is 37.6. The Morgan fingerprint density at radius 1 is 1.22 bits per heavy atom. The van der Waals surface area contributed by atoms with Gasteiger partial charge >= 0.3 is 0 Å². The molecule has 3 aliphatic rings. The van der Waals surface area contributed by atoms with E-state index < -0.39 is 0 Å². The van der Waals surface area contributed by atoms with Gasteiger partial charge < -0.3 is 9.80 Å². The van der Waals surface area contributed by atoms with Crippen LogP contribution in [0.25, 0.3) is 0 Å². The van der Waals surface area contributed by atoms with E-state index in [0.29, 0.717) is 18.9 Å². The number of fused-ring (bicyclic) bond motifs is 1. The quantitative estimate of drug-likeness (QED) is 0.769. The van der Waals surface area contributed by atoms with Gasteiger partial charge in [-0.25, -0.2) is 9.97 Å². The lowest BCUT2D eigenvalue weighted by molar-refractivity contribution is -0.133. The summed E-state index contributed by atoms with van der Waals surface area (Å²) < 4.78 is 0. The molecular formula is C21H28N4O2. The van der Waals surface area contributed by atoms with Crippen molar-refractivity contribution >= 4 is 11.8 Å². The van der Waals surface area contributed by atoms with E-state index in [1.165, 1.54) is 0 Å². The van der Waals surface area contributed by atoms with Gasteiger partial charge in [0.1, 0.15) is 5.82 Å². The van der Waals surface area contributed by atoms with Crippen molar-refractivity contribution in [2.45, 2.75) is 57.9 Å². The highest BCUT2D eigenvalue weighted by atomic mass is 16.2. The zero-order valence-corrected chi connectivity index (χ0v) is 16.1. The molecule has 2 amide bonds. The molecule has 1 saturated heterocycles. The molecule has 1 fully saturated rings. The molecule has 0 radical (unpaired) electrons. The van der Waals surface area contributed by atoms with Gasteiger partial charge in [-0.05, 0) is 31.6 Å². The highest BCUT2D eigenvalue weighted by molar-refractivity contribution is 5.77. The summed E-state index contributed by atoms with van der Waals surface area (Å²) in [5.74, 6) is 1.87. The first-order valence-electron chi connectivity index (χ1n) is 10.1. The molecule has 4 rings (SSSR count). The Kier molecular flexibility index (Phi) is 5.23. The van der Waals surface area contributed by atoms with Gasteiger partial charge in [-0.3, -0.25) is 9.59 Å². The molecule has 6 nitrogen and oxygen atoms in total. The minimum absolute atomic E-state index is 0.100. The van der Waals surface area contributed by atoms with Crippen LogP contribution >= 0.6 is 0 Å². The molecule has 1 aliphatic carbocycles. The van der Waals surface area contributed by atoms with Crippen LogP contribution in [0, 0.1) is 5.92 Å². The van der Waals surface area contributed by atoms with Gasteiger partial charge in [0.25, 0.3) is 0 Å². The number of nitrogens with zero attached hydrogens (tertiary/aromatic N) is 4. The first-order chi connectivity index (χ1) is 13.1. The van der Waals surface area contributed by atoms with E-state index in [9.17, 15) is 9.59 Å². The fraction of sp³-hybridized carbons (Fsp3) is 0.619. The predicted molar refractivity (Wildman–Crippen MR) is 102 cm³/mol. The van der Waals surface area contributed by atoms with Crippen molar-refractivity contribution in [1.29, 1.82) is 0 Å². The molecule has 0 unspecified atom stereocenters. The van der Waals surface area contributed by atoms with Crippen LogP contribution in [-0.4, -0.2) is 51.2 Å². The Bertz CT molecular complexity index is 761. The van der Waals surface area contributed by atoms with Crippen molar-refractivity contribution in [3.63, 3.8) is 0 Å². The molecule has 1 aromatic heterocycles. The van der Waals surface area contributed by atoms with Crippen LogP contribution in [-0.2, 0) is 22.6 Å². The number of amides is 2. The third kappa shape index (κ3) is 4.04. The second kappa shape index (κ2) is 7.79. The third-order valence-electron chi connectivity index (χ3n) is 6.09. The molecule has 6 heteroatoms. The maximum absolute atomic E-state index is 12.7. The molecule has 1 aromatic rings. The van der Waals surface area contributed by atoms with Gasteiger partial charge in [0.15, 0.2) is 0 Å². The summed E-state index contributed by atoms with van der Waals surface area (Å²) in [7, 11) is 0. The third-order valence-corrected chi connectivity index (χ3v) is 6.09. The number of likely N-dealkylation sites (tertiary alicyclic amines) is 1. The number of aromatic nitrogens is 2. The molecule has 144 valence electrons. The van der Waals surface area contributed by atoms with E-state index in [1.54, 1.807) is 6.92 Å². The topological polar surface area (TPSA) is 66.4 Å². The summed E-state index contributed by atoms with van der Waals surface area (Å²) in [6.45, 7) is 4.52. The largest absolute Gasteiger partial charge is 0.342 e. The van der Waals surface area contributed by atoms with Gasteiger partial charge in [-0.2, -0.15) is 0 Å². The number of rotatable bonds is 3. The maximum Gasteiger partial charge on any atom is 0.223 e. The first kappa shape index (κ1) is 18.1. The van der Waals surface area contributed by atoms with Crippen LogP contribution in [0.1, 0.15) is 62.0 Å². The van der Waals surface area contributed by atoms with E-state index in [4.69, 9.17) is 4.98 Å². The van der Waals surface area contributed by atoms with Gasteiger partial charge in [0, 0.05) is 63.6 Å². The molecule has 0 bridgehead atoms. The van der Waals surface area contributed by atoms with Crippen LogP contribution in [0.2, 0.25) is 0 Å². The van der Waals surface area contributed by atoms with Gasteiger partial charge in [0.2, 0.25) is 11.8 Å². The highest BCUT2D eigenvalue weighted by Crippen LogP contribution is 2.28. The molecule has 3 heterocycles. The van der Waals surface area contributed by atoms with Crippen LogP contribution in [0.5, 0.6) is 0 Å². The second-order valence-corrected chi connectivity index (χ2v) is 8.04. The van der Waals surface area contributed by atoms with Gasteiger partial charge in [0.05, 0.1) is 5.69 Å². The summed E-state index contributed by atoms with van der Waals surface area (Å²) >= 11 is 0. The standard InChI is InChI=1S/C21H28N4O2/c1-15(26)24-10-8-19-18(14-24)12-22-21(23-19)17-7-4-9-25(13-17)20(27)11-16-5-2-3-6-16/h2,5,12,16-17H,3-4,6-11,13-14H2,1H3/t16-,17-/m0/s1. The van der Waals surface area contributed by atoms with E-state index in [0.717, 1.165) is 68.8 Å². The molecule has 2 atom stereocenters. The smallest absolute Gasteiger partial charge is 0.223 e. The lowest BCUT2D eigenvalue weighted by Gasteiger charge is -2.33. The number of allylic oxidation sites excluding steroid dienone is 2. The number of carbonyl (C=O) groups excluding carboxylic acids is 2. The molecule has 0 spiro atoms. The lowest BCUT2D eigenvalue weighted by atomic mass is 9.95. The van der Waals surface area contributed by atoms with Crippen LogP contribution in [0.3, 0.4) is 0 Å². The fourth-order valence-electron chi connectivity index (χ4n) is 4.43. The van der Waals surface area contributed by atoms with Crippen LogP contribution < -0.4 is 0 Å². The van der Waals surface area contributed by atoms with Crippen molar-refractivity contribution in [3.8, 4) is 0 Å². The Balaban J connectivity index is 1.42. The molecule has 2 aliphatic heterocycles. The van der Waals surface area contributed by atoms with Crippen molar-refractivity contribution in [2.75, 3.05) is 19.6 Å². The van der Waals surface area contributed by atoms with Crippen LogP contribution in [0.15, 0.2) is 18.3 Å². The van der Waals surface area contributed by atoms with E-state index in [2.05, 4.69) is 17.1 Å². The minimum Gasteiger partial charge on any atom is -0.342 e. The molecule has 0 aromatic carbocycles. The average molecular weight is 368 g/mol. The Labute approximate surface area is 160 Å². The summed E-state index contributed by atoms with van der Waals surface area (Å²) in [6.07, 6.45) is 11.9. The zero-order chi connectivity index (χ0) is 18.8. The lowest BCUT2D eigenvalue weighted by Crippen LogP contribution is -2.40. The number of hydrogen-bond donors (Lipinski definition) is 0. The molecular weight excluding hydrogens is 340 g/mol.